The van der Waals surface area contributed by atoms with Crippen LogP contribution in [0.4, 0.5) is 5.69 Å². The fraction of sp³-hybridized carbons (Fsp3) is 0.458. The number of benzene rings is 1. The van der Waals surface area contributed by atoms with E-state index in [1.54, 1.807) is 30.1 Å². The van der Waals surface area contributed by atoms with Crippen molar-refractivity contribution in [3.63, 3.8) is 0 Å². The molecular formula is C24H31ClN4O6S3. The largest absolute Gasteiger partial charge is 0.382 e. The number of pyridine rings is 1. The molecule has 1 fully saturated rings. The highest BCUT2D eigenvalue weighted by atomic mass is 35.5. The van der Waals surface area contributed by atoms with Crippen molar-refractivity contribution in [2.75, 3.05) is 36.2 Å². The lowest BCUT2D eigenvalue weighted by Crippen LogP contribution is -2.39. The number of anilines is 1. The Morgan fingerprint density at radius 3 is 2.47 bits per heavy atom. The quantitative estimate of drug-likeness (QED) is 0.120. The van der Waals surface area contributed by atoms with Gasteiger partial charge >= 0.3 is 0 Å². The number of hydrogen-bond donors (Lipinski definition) is 3. The fourth-order valence-corrected chi connectivity index (χ4v) is 6.66. The highest BCUT2D eigenvalue weighted by Gasteiger charge is 2.34. The maximum Gasteiger partial charge on any atom is 0.261 e. The Labute approximate surface area is 233 Å². The van der Waals surface area contributed by atoms with E-state index in [2.05, 4.69) is 15.6 Å². The molecule has 0 spiro atoms. The van der Waals surface area contributed by atoms with Crippen LogP contribution in [0, 0.1) is 23.2 Å². The molecule has 1 aliphatic carbocycles. The smallest absolute Gasteiger partial charge is 0.261 e. The van der Waals surface area contributed by atoms with Crippen molar-refractivity contribution in [1.29, 1.82) is 5.26 Å². The summed E-state index contributed by atoms with van der Waals surface area (Å²) in [7, 11) is -7.18. The highest BCUT2D eigenvalue weighted by Crippen LogP contribution is 2.33. The van der Waals surface area contributed by atoms with Gasteiger partial charge in [0.15, 0.2) is 15.0 Å². The number of thioether (sulfide) groups is 1. The van der Waals surface area contributed by atoms with Gasteiger partial charge in [-0.1, -0.05) is 24.4 Å². The molecule has 0 aliphatic heterocycles. The van der Waals surface area contributed by atoms with Gasteiger partial charge in [-0.2, -0.15) is 13.7 Å². The molecule has 38 heavy (non-hydrogen) atoms. The maximum atomic E-state index is 13.0. The van der Waals surface area contributed by atoms with Crippen LogP contribution in [0.1, 0.15) is 25.7 Å². The van der Waals surface area contributed by atoms with Gasteiger partial charge in [-0.25, -0.2) is 13.4 Å². The van der Waals surface area contributed by atoms with Gasteiger partial charge in [-0.3, -0.25) is 9.35 Å². The van der Waals surface area contributed by atoms with Crippen LogP contribution in [-0.4, -0.2) is 63.1 Å². The average Bonchev–Trinajstić information content (AvgIpc) is 2.85. The summed E-state index contributed by atoms with van der Waals surface area (Å²) in [6.45, 7) is 0.631. The first kappa shape index (κ1) is 31.8. The van der Waals surface area contributed by atoms with E-state index in [1.165, 1.54) is 0 Å². The highest BCUT2D eigenvalue weighted by molar-refractivity contribution is 7.99. The molecule has 1 aromatic heterocycles. The third-order valence-electron chi connectivity index (χ3n) is 5.65. The molecule has 208 valence electrons. The second kappa shape index (κ2) is 15.3. The Bertz CT molecular complexity index is 1310. The minimum absolute atomic E-state index is 0.0556. The minimum atomic E-state index is -3.67. The second-order valence-corrected chi connectivity index (χ2v) is 13.7. The standard InChI is InChI=1S/C23H27ClN4O3S2.CH4O3S/c24-22-21(6-3-12-27-22)26-14-15-32-18-7-9-19(10-8-18)33(30,31)16-17-4-1-2-5-20(17)23(29)28-13-11-25;1-5(2,3)4/h3,6-10,12,17,20,26H,1-2,4-5,13-16H2,(H,28,29);1H3,(H,2,3,4). The molecule has 1 saturated carbocycles. The number of rotatable bonds is 10. The lowest BCUT2D eigenvalue weighted by atomic mass is 9.80. The van der Waals surface area contributed by atoms with Crippen molar-refractivity contribution in [2.45, 2.75) is 35.5 Å². The first-order valence-corrected chi connectivity index (χ1v) is 16.6. The molecule has 3 rings (SSSR count). The Morgan fingerprint density at radius 2 is 1.84 bits per heavy atom. The number of sulfone groups is 1. The summed E-state index contributed by atoms with van der Waals surface area (Å²) in [5.41, 5.74) is 0.781. The van der Waals surface area contributed by atoms with Gasteiger partial charge < -0.3 is 10.6 Å². The first-order chi connectivity index (χ1) is 17.9. The van der Waals surface area contributed by atoms with Gasteiger partial charge in [0, 0.05) is 29.3 Å². The van der Waals surface area contributed by atoms with Crippen molar-refractivity contribution in [1.82, 2.24) is 10.3 Å². The lowest BCUT2D eigenvalue weighted by Gasteiger charge is -2.30. The van der Waals surface area contributed by atoms with Crippen LogP contribution >= 0.6 is 23.4 Å². The van der Waals surface area contributed by atoms with Gasteiger partial charge in [0.1, 0.15) is 6.54 Å². The summed E-state index contributed by atoms with van der Waals surface area (Å²) in [4.78, 5) is 17.7. The zero-order chi connectivity index (χ0) is 28.2. The summed E-state index contributed by atoms with van der Waals surface area (Å²) in [6.07, 6.45) is 5.52. The van der Waals surface area contributed by atoms with Crippen molar-refractivity contribution in [2.24, 2.45) is 11.8 Å². The van der Waals surface area contributed by atoms with Gasteiger partial charge in [-0.15, -0.1) is 11.8 Å². The number of carbonyl (C=O) groups is 1. The summed E-state index contributed by atoms with van der Waals surface area (Å²) < 4.78 is 51.9. The number of halogens is 1. The maximum absolute atomic E-state index is 13.0. The van der Waals surface area contributed by atoms with Gasteiger partial charge in [-0.05, 0) is 55.2 Å². The SMILES string of the molecule is CS(=O)(=O)O.N#CCNC(=O)C1CCCCC1CS(=O)(=O)c1ccc(SCCNc2cccnc2Cl)cc1. The van der Waals surface area contributed by atoms with E-state index in [0.29, 0.717) is 30.8 Å². The normalized spacial score (nSPS) is 17.4. The number of hydrogen-bond acceptors (Lipinski definition) is 9. The van der Waals surface area contributed by atoms with Crippen molar-refractivity contribution >= 4 is 54.9 Å². The Morgan fingerprint density at radius 1 is 1.18 bits per heavy atom. The molecule has 1 aromatic carbocycles. The molecule has 2 aromatic rings. The number of nitrogens with one attached hydrogen (secondary N) is 2. The van der Waals surface area contributed by atoms with Crippen molar-refractivity contribution in [3.8, 4) is 6.07 Å². The molecule has 2 atom stereocenters. The summed E-state index contributed by atoms with van der Waals surface area (Å²) >= 11 is 7.64. The molecule has 1 amide bonds. The summed E-state index contributed by atoms with van der Waals surface area (Å²) in [5.74, 6) is -0.0949. The number of nitriles is 1. The van der Waals surface area contributed by atoms with E-state index in [9.17, 15) is 21.6 Å². The molecule has 0 saturated heterocycles. The summed E-state index contributed by atoms with van der Waals surface area (Å²) in [6, 6.07) is 12.5. The van der Waals surface area contributed by atoms with E-state index in [-0.39, 0.29) is 34.9 Å². The second-order valence-electron chi connectivity index (χ2n) is 8.63. The molecule has 0 bridgehead atoms. The molecule has 1 heterocycles. The number of carbonyl (C=O) groups excluding carboxylic acids is 1. The van der Waals surface area contributed by atoms with Crippen LogP contribution in [0.5, 0.6) is 0 Å². The summed E-state index contributed by atoms with van der Waals surface area (Å²) in [5, 5.41) is 14.9. The van der Waals surface area contributed by atoms with Crippen molar-refractivity contribution in [3.05, 3.63) is 47.7 Å². The molecule has 1 aliphatic rings. The predicted octanol–water partition coefficient (Wildman–Crippen LogP) is 3.66. The molecule has 14 heteroatoms. The van der Waals surface area contributed by atoms with E-state index in [0.717, 1.165) is 29.2 Å². The molecule has 0 radical (unpaired) electrons. The van der Waals surface area contributed by atoms with E-state index < -0.39 is 20.0 Å². The van der Waals surface area contributed by atoms with E-state index in [4.69, 9.17) is 21.4 Å². The lowest BCUT2D eigenvalue weighted by molar-refractivity contribution is -0.127. The zero-order valence-corrected chi connectivity index (χ0v) is 24.0. The van der Waals surface area contributed by atoms with Crippen LogP contribution in [0.3, 0.4) is 0 Å². The third kappa shape index (κ3) is 11.6. The number of aromatic nitrogens is 1. The predicted molar refractivity (Wildman–Crippen MR) is 148 cm³/mol. The van der Waals surface area contributed by atoms with Gasteiger partial charge in [0.25, 0.3) is 10.1 Å². The third-order valence-corrected chi connectivity index (χ3v) is 8.82. The Balaban J connectivity index is 0.000000926. The van der Waals surface area contributed by atoms with Crippen LogP contribution < -0.4 is 10.6 Å². The van der Waals surface area contributed by atoms with Gasteiger partial charge in [0.2, 0.25) is 5.91 Å². The number of amides is 1. The topological polar surface area (TPSA) is 166 Å². The molecule has 2 unspecified atom stereocenters. The van der Waals surface area contributed by atoms with Crippen LogP contribution in [0.2, 0.25) is 5.15 Å². The number of nitrogens with zero attached hydrogens (tertiary/aromatic N) is 2. The van der Waals surface area contributed by atoms with Crippen LogP contribution in [0.15, 0.2) is 52.4 Å². The Kier molecular flexibility index (Phi) is 12.8. The molecule has 3 N–H and O–H groups in total. The average molecular weight is 603 g/mol. The van der Waals surface area contributed by atoms with Gasteiger partial charge in [0.05, 0.1) is 28.7 Å². The van der Waals surface area contributed by atoms with Crippen LogP contribution in [-0.2, 0) is 24.7 Å². The molecular weight excluding hydrogens is 572 g/mol. The van der Waals surface area contributed by atoms with E-state index in [1.807, 2.05) is 30.3 Å². The first-order valence-electron chi connectivity index (χ1n) is 11.8. The van der Waals surface area contributed by atoms with E-state index >= 15 is 0 Å². The molecule has 10 nitrogen and oxygen atoms in total. The van der Waals surface area contributed by atoms with Crippen molar-refractivity contribution < 1.29 is 26.2 Å². The van der Waals surface area contributed by atoms with Crippen LogP contribution in [0.25, 0.3) is 0 Å². The Hall–Kier alpha value is -2.37. The zero-order valence-electron chi connectivity index (χ0n) is 20.8. The monoisotopic (exact) mass is 602 g/mol. The fourth-order valence-electron chi connectivity index (χ4n) is 4.00. The minimum Gasteiger partial charge on any atom is -0.382 e.